The number of rotatable bonds is 7. The normalized spacial score (nSPS) is 24.4. The molecule has 9 heteroatoms. The third kappa shape index (κ3) is 5.15. The number of likely N-dealkylation sites (tertiary alicyclic amines) is 1. The van der Waals surface area contributed by atoms with Crippen molar-refractivity contribution in [2.75, 3.05) is 26.2 Å². The van der Waals surface area contributed by atoms with Crippen LogP contribution in [-0.2, 0) is 6.42 Å². The van der Waals surface area contributed by atoms with Crippen LogP contribution in [0.3, 0.4) is 0 Å². The van der Waals surface area contributed by atoms with E-state index in [0.29, 0.717) is 31.7 Å². The molecule has 1 aromatic heterocycles. The fourth-order valence-corrected chi connectivity index (χ4v) is 6.61. The molecule has 3 aromatic rings. The number of ether oxygens (including phenoxy) is 1. The maximum Gasteiger partial charge on any atom is 0.248 e. The van der Waals surface area contributed by atoms with Crippen molar-refractivity contribution in [1.82, 2.24) is 14.8 Å². The molecule has 6 rings (SSSR count). The average Bonchev–Trinajstić information content (AvgIpc) is 3.15. The maximum absolute atomic E-state index is 15.8. The second-order valence-electron chi connectivity index (χ2n) is 12.3. The van der Waals surface area contributed by atoms with Crippen LogP contribution in [0.15, 0.2) is 36.4 Å². The molecule has 2 aliphatic heterocycles. The summed E-state index contributed by atoms with van der Waals surface area (Å²) in [7, 11) is 0. The number of aromatic amines is 1. The Balaban J connectivity index is 1.26. The van der Waals surface area contributed by atoms with E-state index < -0.39 is 29.3 Å². The number of para-hydroxylation sites is 1. The largest absolute Gasteiger partial charge is 0.488 e. The lowest BCUT2D eigenvalue weighted by atomic mass is 9.80. The van der Waals surface area contributed by atoms with E-state index in [-0.39, 0.29) is 48.8 Å². The van der Waals surface area contributed by atoms with Gasteiger partial charge in [0.25, 0.3) is 0 Å². The van der Waals surface area contributed by atoms with Gasteiger partial charge in [-0.1, -0.05) is 18.2 Å². The van der Waals surface area contributed by atoms with Crippen molar-refractivity contribution in [3.8, 4) is 5.75 Å². The Kier molecular flexibility index (Phi) is 6.45. The van der Waals surface area contributed by atoms with E-state index in [9.17, 15) is 13.2 Å². The fourth-order valence-electron chi connectivity index (χ4n) is 6.61. The zero-order valence-electron chi connectivity index (χ0n) is 22.4. The SMILES string of the molecule is C[C@@H]1Cc2c([nH]c3ccccc23)[C@@H](c2c(F)cc(OC3CN(CC4CC(F)(F)C4)C3)cc2F)N1CC(C)(C)F. The first-order valence-electron chi connectivity index (χ1n) is 13.7. The van der Waals surface area contributed by atoms with E-state index in [1.165, 1.54) is 26.0 Å². The molecule has 0 unspecified atom stereocenters. The minimum Gasteiger partial charge on any atom is -0.488 e. The first kappa shape index (κ1) is 26.6. The van der Waals surface area contributed by atoms with Crippen LogP contribution in [0.2, 0.25) is 0 Å². The summed E-state index contributed by atoms with van der Waals surface area (Å²) in [6.45, 7) is 6.57. The standard InChI is InChI=1S/C30H34F5N3O/c1-17-8-22-21-6-4-5-7-25(21)36-27(22)28(38(17)16-29(2,3)33)26-23(31)9-19(10-24(26)32)39-20-14-37(15-20)13-18-11-30(34,35)12-18/h4-7,9-10,17-18,20,28,36H,8,11-16H2,1-3H3/t17-,28-/m1/s1. The van der Waals surface area contributed by atoms with Crippen LogP contribution in [0.4, 0.5) is 22.0 Å². The molecule has 3 heterocycles. The number of benzene rings is 2. The third-order valence-electron chi connectivity index (χ3n) is 8.32. The van der Waals surface area contributed by atoms with Crippen LogP contribution < -0.4 is 4.74 Å². The van der Waals surface area contributed by atoms with E-state index in [1.807, 2.05) is 41.0 Å². The van der Waals surface area contributed by atoms with Crippen LogP contribution >= 0.6 is 0 Å². The molecular weight excluding hydrogens is 513 g/mol. The van der Waals surface area contributed by atoms with E-state index >= 15 is 8.78 Å². The minimum absolute atomic E-state index is 0.00953. The molecule has 2 fully saturated rings. The molecule has 0 radical (unpaired) electrons. The van der Waals surface area contributed by atoms with Crippen LogP contribution in [-0.4, -0.2) is 64.7 Å². The zero-order chi connectivity index (χ0) is 27.7. The molecule has 4 nitrogen and oxygen atoms in total. The third-order valence-corrected chi connectivity index (χ3v) is 8.32. The smallest absolute Gasteiger partial charge is 0.248 e. The van der Waals surface area contributed by atoms with Crippen molar-refractivity contribution >= 4 is 10.9 Å². The average molecular weight is 548 g/mol. The lowest BCUT2D eigenvalue weighted by Crippen LogP contribution is -2.56. The summed E-state index contributed by atoms with van der Waals surface area (Å²) in [6.07, 6.45) is 0.213. The minimum atomic E-state index is -2.54. The molecule has 1 saturated carbocycles. The zero-order valence-corrected chi connectivity index (χ0v) is 22.4. The van der Waals surface area contributed by atoms with Crippen molar-refractivity contribution in [1.29, 1.82) is 0 Å². The number of aromatic nitrogens is 1. The summed E-state index contributed by atoms with van der Waals surface area (Å²) < 4.78 is 78.6. The highest BCUT2D eigenvalue weighted by molar-refractivity contribution is 5.85. The Morgan fingerprint density at radius 1 is 1.08 bits per heavy atom. The van der Waals surface area contributed by atoms with Gasteiger partial charge in [-0.15, -0.1) is 0 Å². The molecule has 1 aliphatic carbocycles. The molecule has 2 atom stereocenters. The van der Waals surface area contributed by atoms with Crippen LogP contribution in [0.25, 0.3) is 10.9 Å². The Bertz CT molecular complexity index is 1350. The number of fused-ring (bicyclic) bond motifs is 3. The molecule has 210 valence electrons. The van der Waals surface area contributed by atoms with E-state index in [4.69, 9.17) is 4.74 Å². The van der Waals surface area contributed by atoms with Crippen LogP contribution in [0.5, 0.6) is 5.75 Å². The van der Waals surface area contributed by atoms with Gasteiger partial charge in [0.15, 0.2) is 0 Å². The molecule has 3 aliphatic rings. The monoisotopic (exact) mass is 547 g/mol. The molecule has 0 bridgehead atoms. The molecule has 1 saturated heterocycles. The number of halogens is 5. The highest BCUT2D eigenvalue weighted by atomic mass is 19.3. The van der Waals surface area contributed by atoms with Gasteiger partial charge in [0, 0.05) is 79.4 Å². The van der Waals surface area contributed by atoms with E-state index in [1.54, 1.807) is 0 Å². The predicted octanol–water partition coefficient (Wildman–Crippen LogP) is 6.64. The van der Waals surface area contributed by atoms with Gasteiger partial charge in [0.1, 0.15) is 29.2 Å². The Hall–Kier alpha value is -2.65. The predicted molar refractivity (Wildman–Crippen MR) is 140 cm³/mol. The number of hydrogen-bond acceptors (Lipinski definition) is 3. The number of H-pyrrole nitrogens is 1. The van der Waals surface area contributed by atoms with Crippen LogP contribution in [0.1, 0.15) is 56.5 Å². The van der Waals surface area contributed by atoms with Crippen LogP contribution in [0, 0.1) is 17.6 Å². The van der Waals surface area contributed by atoms with Gasteiger partial charge in [-0.25, -0.2) is 22.0 Å². The lowest BCUT2D eigenvalue weighted by Gasteiger charge is -2.44. The summed E-state index contributed by atoms with van der Waals surface area (Å²) in [6, 6.07) is 9.18. The summed E-state index contributed by atoms with van der Waals surface area (Å²) in [5.41, 5.74) is 0.849. The number of hydrogen-bond donors (Lipinski definition) is 1. The van der Waals surface area contributed by atoms with Crippen molar-refractivity contribution in [3.05, 3.63) is 64.9 Å². The second kappa shape index (κ2) is 9.47. The fraction of sp³-hybridized carbons (Fsp3) is 0.533. The number of nitrogens with zero attached hydrogens (tertiary/aromatic N) is 2. The highest BCUT2D eigenvalue weighted by Crippen LogP contribution is 2.45. The molecule has 0 spiro atoms. The van der Waals surface area contributed by atoms with Crippen molar-refractivity contribution in [2.24, 2.45) is 5.92 Å². The van der Waals surface area contributed by atoms with Gasteiger partial charge in [-0.05, 0) is 44.7 Å². The van der Waals surface area contributed by atoms with E-state index in [0.717, 1.165) is 16.5 Å². The Morgan fingerprint density at radius 3 is 2.38 bits per heavy atom. The van der Waals surface area contributed by atoms with Gasteiger partial charge in [0.2, 0.25) is 5.92 Å². The molecule has 39 heavy (non-hydrogen) atoms. The summed E-state index contributed by atoms with van der Waals surface area (Å²) >= 11 is 0. The summed E-state index contributed by atoms with van der Waals surface area (Å²) in [4.78, 5) is 7.25. The van der Waals surface area contributed by atoms with E-state index in [2.05, 4.69) is 4.98 Å². The van der Waals surface area contributed by atoms with Gasteiger partial charge < -0.3 is 9.72 Å². The lowest BCUT2D eigenvalue weighted by molar-refractivity contribution is -0.124. The molecule has 2 aromatic carbocycles. The first-order valence-corrected chi connectivity index (χ1v) is 13.7. The van der Waals surface area contributed by atoms with Gasteiger partial charge in [-0.3, -0.25) is 9.80 Å². The second-order valence-corrected chi connectivity index (χ2v) is 12.3. The Labute approximate surface area is 225 Å². The van der Waals surface area contributed by atoms with Gasteiger partial charge in [0.05, 0.1) is 6.04 Å². The maximum atomic E-state index is 15.8. The first-order chi connectivity index (χ1) is 18.4. The number of nitrogens with one attached hydrogen (secondary N) is 1. The quantitative estimate of drug-likeness (QED) is 0.337. The molecule has 1 N–H and O–H groups in total. The summed E-state index contributed by atoms with van der Waals surface area (Å²) in [5.74, 6) is -3.96. The molecule has 0 amide bonds. The topological polar surface area (TPSA) is 31.5 Å². The van der Waals surface area contributed by atoms with Gasteiger partial charge >= 0.3 is 0 Å². The summed E-state index contributed by atoms with van der Waals surface area (Å²) in [5, 5.41) is 1.00. The number of alkyl halides is 3. The Morgan fingerprint density at radius 2 is 1.74 bits per heavy atom. The van der Waals surface area contributed by atoms with Crippen molar-refractivity contribution in [3.63, 3.8) is 0 Å². The highest BCUT2D eigenvalue weighted by Gasteiger charge is 2.47. The van der Waals surface area contributed by atoms with Gasteiger partial charge in [-0.2, -0.15) is 0 Å². The van der Waals surface area contributed by atoms with Crippen molar-refractivity contribution < 1.29 is 26.7 Å². The van der Waals surface area contributed by atoms with Crippen molar-refractivity contribution in [2.45, 2.75) is 69.8 Å². The molecular formula is C30H34F5N3O.